The molecule has 2 amide bonds. The highest BCUT2D eigenvalue weighted by Gasteiger charge is 2.35. The van der Waals surface area contributed by atoms with Gasteiger partial charge in [0.1, 0.15) is 16.9 Å². The molecule has 1 heterocycles. The number of nitrogens with zero attached hydrogens (tertiary/aromatic N) is 2. The van der Waals surface area contributed by atoms with E-state index >= 15 is 0 Å². The topological polar surface area (TPSA) is 90.0 Å². The number of amides is 2. The zero-order valence-corrected chi connectivity index (χ0v) is 22.5. The Morgan fingerprint density at radius 3 is 2.24 bits per heavy atom. The maximum atomic E-state index is 14.1. The summed E-state index contributed by atoms with van der Waals surface area (Å²) in [6.07, 6.45) is 6.49. The van der Waals surface area contributed by atoms with Crippen LogP contribution in [-0.4, -0.2) is 44.2 Å². The number of rotatable bonds is 9. The Kier molecular flexibility index (Phi) is 9.07. The second-order valence-corrected chi connectivity index (χ2v) is 9.49. The zero-order chi connectivity index (χ0) is 27.1. The number of halogens is 1. The normalized spacial score (nSPS) is 14.3. The van der Waals surface area contributed by atoms with E-state index in [1.165, 1.54) is 18.2 Å². The van der Waals surface area contributed by atoms with Crippen molar-refractivity contribution in [1.82, 2.24) is 10.3 Å². The lowest BCUT2D eigenvalue weighted by Crippen LogP contribution is -2.47. The van der Waals surface area contributed by atoms with Crippen molar-refractivity contribution < 1.29 is 23.8 Å². The number of ether oxygens (including phenoxy) is 3. The van der Waals surface area contributed by atoms with Gasteiger partial charge in [-0.2, -0.15) is 0 Å². The third-order valence-electron chi connectivity index (χ3n) is 6.73. The van der Waals surface area contributed by atoms with E-state index in [0.717, 1.165) is 32.1 Å². The van der Waals surface area contributed by atoms with Crippen LogP contribution in [0.3, 0.4) is 0 Å². The van der Waals surface area contributed by atoms with Crippen molar-refractivity contribution in [2.75, 3.05) is 26.2 Å². The first kappa shape index (κ1) is 27.3. The Morgan fingerprint density at radius 2 is 1.63 bits per heavy atom. The first-order valence-electron chi connectivity index (χ1n) is 12.6. The molecule has 1 unspecified atom stereocenters. The minimum atomic E-state index is -1.01. The van der Waals surface area contributed by atoms with Gasteiger partial charge in [0.05, 0.1) is 26.9 Å². The fourth-order valence-corrected chi connectivity index (χ4v) is 4.85. The predicted molar refractivity (Wildman–Crippen MR) is 146 cm³/mol. The quantitative estimate of drug-likeness (QED) is 0.357. The fraction of sp³-hybridized carbons (Fsp3) is 0.345. The maximum Gasteiger partial charge on any atom is 0.260 e. The molecule has 2 aromatic carbocycles. The summed E-state index contributed by atoms with van der Waals surface area (Å²) < 4.78 is 16.3. The molecule has 1 atom stereocenters. The first-order valence-corrected chi connectivity index (χ1v) is 12.9. The van der Waals surface area contributed by atoms with Gasteiger partial charge in [0.15, 0.2) is 11.5 Å². The van der Waals surface area contributed by atoms with Crippen LogP contribution in [-0.2, 0) is 4.79 Å². The van der Waals surface area contributed by atoms with Gasteiger partial charge >= 0.3 is 0 Å². The molecule has 9 heteroatoms. The van der Waals surface area contributed by atoms with Crippen LogP contribution < -0.4 is 24.4 Å². The molecule has 4 rings (SSSR count). The van der Waals surface area contributed by atoms with Gasteiger partial charge in [-0.15, -0.1) is 0 Å². The van der Waals surface area contributed by atoms with Crippen molar-refractivity contribution in [2.45, 2.75) is 44.2 Å². The van der Waals surface area contributed by atoms with Crippen molar-refractivity contribution in [2.24, 2.45) is 0 Å². The van der Waals surface area contributed by atoms with Crippen LogP contribution in [0.25, 0.3) is 0 Å². The monoisotopic (exact) mass is 537 g/mol. The minimum absolute atomic E-state index is 0.0453. The van der Waals surface area contributed by atoms with Gasteiger partial charge in [-0.1, -0.05) is 36.9 Å². The van der Waals surface area contributed by atoms with E-state index in [2.05, 4.69) is 10.3 Å². The van der Waals surface area contributed by atoms with E-state index in [4.69, 9.17) is 25.8 Å². The molecular formula is C29H32ClN3O5. The highest BCUT2D eigenvalue weighted by Crippen LogP contribution is 2.36. The van der Waals surface area contributed by atoms with Crippen LogP contribution in [0.4, 0.5) is 5.69 Å². The van der Waals surface area contributed by atoms with E-state index in [9.17, 15) is 9.59 Å². The van der Waals surface area contributed by atoms with Crippen LogP contribution in [0.5, 0.6) is 17.2 Å². The third-order valence-corrected chi connectivity index (χ3v) is 6.95. The van der Waals surface area contributed by atoms with E-state index < -0.39 is 11.9 Å². The number of anilines is 1. The minimum Gasteiger partial charge on any atom is -0.497 e. The summed E-state index contributed by atoms with van der Waals surface area (Å²) in [4.78, 5) is 33.7. The Morgan fingerprint density at radius 1 is 0.921 bits per heavy atom. The highest BCUT2D eigenvalue weighted by atomic mass is 35.5. The molecular weight excluding hydrogens is 506 g/mol. The van der Waals surface area contributed by atoms with Crippen LogP contribution in [0.2, 0.25) is 5.15 Å². The van der Waals surface area contributed by atoms with Gasteiger partial charge in [0.2, 0.25) is 5.91 Å². The predicted octanol–water partition coefficient (Wildman–Crippen LogP) is 5.60. The molecule has 0 radical (unpaired) electrons. The van der Waals surface area contributed by atoms with Gasteiger partial charge in [-0.25, -0.2) is 4.98 Å². The van der Waals surface area contributed by atoms with E-state index in [1.807, 2.05) is 0 Å². The van der Waals surface area contributed by atoms with Crippen molar-refractivity contribution in [3.8, 4) is 17.2 Å². The molecule has 0 bridgehead atoms. The lowest BCUT2D eigenvalue weighted by Gasteiger charge is -2.33. The van der Waals surface area contributed by atoms with Gasteiger partial charge in [-0.3, -0.25) is 14.5 Å². The molecule has 0 aliphatic heterocycles. The number of aromatic nitrogens is 1. The SMILES string of the molecule is COc1ccc(N(C(=O)c2ccc(Cl)nc2)C(C(=O)NC2CCCCC2)c2ccc(OC)c(OC)c2)cc1. The number of hydrogen-bond donors (Lipinski definition) is 1. The highest BCUT2D eigenvalue weighted by molar-refractivity contribution is 6.29. The van der Waals surface area contributed by atoms with Gasteiger partial charge in [0, 0.05) is 17.9 Å². The Hall–Kier alpha value is -3.78. The summed E-state index contributed by atoms with van der Waals surface area (Å²) in [7, 11) is 4.65. The van der Waals surface area contributed by atoms with Crippen molar-refractivity contribution in [1.29, 1.82) is 0 Å². The molecule has 200 valence electrons. The van der Waals surface area contributed by atoms with Crippen molar-refractivity contribution >= 4 is 29.1 Å². The first-order chi connectivity index (χ1) is 18.4. The summed E-state index contributed by atoms with van der Waals surface area (Å²) in [5, 5.41) is 3.47. The Bertz CT molecular complexity index is 1240. The van der Waals surface area contributed by atoms with Gasteiger partial charge in [0.25, 0.3) is 5.91 Å². The molecule has 1 fully saturated rings. The van der Waals surface area contributed by atoms with Crippen LogP contribution in [0.1, 0.15) is 54.1 Å². The average Bonchev–Trinajstić information content (AvgIpc) is 2.96. The van der Waals surface area contributed by atoms with Crippen LogP contribution in [0, 0.1) is 0 Å². The second-order valence-electron chi connectivity index (χ2n) is 9.10. The summed E-state index contributed by atoms with van der Waals surface area (Å²) in [6.45, 7) is 0. The number of nitrogens with one attached hydrogen (secondary N) is 1. The number of methoxy groups -OCH3 is 3. The Balaban J connectivity index is 1.85. The van der Waals surface area contributed by atoms with E-state index in [1.54, 1.807) is 68.8 Å². The number of pyridine rings is 1. The number of carbonyl (C=O) groups excluding carboxylic acids is 2. The summed E-state index contributed by atoms with van der Waals surface area (Å²) >= 11 is 5.99. The summed E-state index contributed by atoms with van der Waals surface area (Å²) in [5.41, 5.74) is 1.38. The van der Waals surface area contributed by atoms with Gasteiger partial charge in [-0.05, 0) is 66.9 Å². The van der Waals surface area contributed by atoms with E-state index in [-0.39, 0.29) is 17.1 Å². The third kappa shape index (κ3) is 6.19. The van der Waals surface area contributed by atoms with Gasteiger partial charge < -0.3 is 19.5 Å². The molecule has 38 heavy (non-hydrogen) atoms. The Labute approximate surface area is 227 Å². The number of benzene rings is 2. The second kappa shape index (κ2) is 12.6. The lowest BCUT2D eigenvalue weighted by molar-refractivity contribution is -0.123. The van der Waals surface area contributed by atoms with Crippen LogP contribution in [0.15, 0.2) is 60.8 Å². The van der Waals surface area contributed by atoms with Crippen molar-refractivity contribution in [3.63, 3.8) is 0 Å². The number of hydrogen-bond acceptors (Lipinski definition) is 6. The maximum absolute atomic E-state index is 14.1. The lowest BCUT2D eigenvalue weighted by atomic mass is 9.94. The largest absolute Gasteiger partial charge is 0.497 e. The molecule has 1 aromatic heterocycles. The zero-order valence-electron chi connectivity index (χ0n) is 21.8. The fourth-order valence-electron chi connectivity index (χ4n) is 4.74. The molecule has 0 saturated heterocycles. The van der Waals surface area contributed by atoms with E-state index in [0.29, 0.717) is 34.1 Å². The molecule has 1 aliphatic carbocycles. The average molecular weight is 538 g/mol. The smallest absolute Gasteiger partial charge is 0.260 e. The molecule has 1 saturated carbocycles. The molecule has 3 aromatic rings. The number of carbonyl (C=O) groups is 2. The van der Waals surface area contributed by atoms with Crippen molar-refractivity contribution in [3.05, 3.63) is 77.1 Å². The molecule has 1 N–H and O–H groups in total. The standard InChI is InChI=1S/C29H32ClN3O5/c1-36-23-13-11-22(12-14-23)33(29(35)20-10-16-26(30)31-18-20)27(28(34)32-21-7-5-4-6-8-21)19-9-15-24(37-2)25(17-19)38-3/h9-18,21,27H,4-8H2,1-3H3,(H,32,34). The molecule has 1 aliphatic rings. The summed E-state index contributed by atoms with van der Waals surface area (Å²) in [6, 6.07) is 14.4. The summed E-state index contributed by atoms with van der Waals surface area (Å²) in [5.74, 6) is 0.916. The molecule has 0 spiro atoms. The molecule has 8 nitrogen and oxygen atoms in total. The van der Waals surface area contributed by atoms with Crippen LogP contribution >= 0.6 is 11.6 Å².